The van der Waals surface area contributed by atoms with Gasteiger partial charge in [0.1, 0.15) is 5.75 Å². The number of methoxy groups -OCH3 is 1. The van der Waals surface area contributed by atoms with Crippen molar-refractivity contribution in [2.75, 3.05) is 46.9 Å². The lowest BCUT2D eigenvalue weighted by Gasteiger charge is -2.33. The summed E-state index contributed by atoms with van der Waals surface area (Å²) in [5.74, 6) is 1.10. The van der Waals surface area contributed by atoms with Crippen LogP contribution in [0, 0.1) is 0 Å². The van der Waals surface area contributed by atoms with Gasteiger partial charge >= 0.3 is 0 Å². The molecule has 5 heteroatoms. The fourth-order valence-electron chi connectivity index (χ4n) is 3.86. The quantitative estimate of drug-likeness (QED) is 0.736. The molecule has 1 aliphatic heterocycles. The molecule has 0 bridgehead atoms. The van der Waals surface area contributed by atoms with Crippen LogP contribution in [0.4, 0.5) is 0 Å². The van der Waals surface area contributed by atoms with Gasteiger partial charge in [-0.25, -0.2) is 0 Å². The van der Waals surface area contributed by atoms with Crippen molar-refractivity contribution in [1.82, 2.24) is 14.7 Å². The van der Waals surface area contributed by atoms with Crippen molar-refractivity contribution in [3.05, 3.63) is 42.0 Å². The first-order chi connectivity index (χ1) is 13.5. The van der Waals surface area contributed by atoms with E-state index in [4.69, 9.17) is 4.74 Å². The van der Waals surface area contributed by atoms with Gasteiger partial charge in [0, 0.05) is 57.1 Å². The molecule has 0 N–H and O–H groups in total. The van der Waals surface area contributed by atoms with Crippen LogP contribution in [0.1, 0.15) is 25.8 Å². The van der Waals surface area contributed by atoms with Crippen LogP contribution in [-0.2, 0) is 11.3 Å². The van der Waals surface area contributed by atoms with Gasteiger partial charge in [-0.15, -0.1) is 0 Å². The molecule has 2 aromatic carbocycles. The molecule has 1 heterocycles. The number of carbonyl (C=O) groups excluding carboxylic acids is 1. The standard InChI is InChI=1S/C23H33N3O2/c1-18(2)26(23(27)11-12-25-15-13-24(3)14-16-25)17-19-9-10-22(28-4)21-8-6-5-7-20(19)21/h5-10,18H,11-17H2,1-4H3. The number of likely N-dealkylation sites (N-methyl/N-ethyl adjacent to an activating group) is 1. The summed E-state index contributed by atoms with van der Waals surface area (Å²) in [7, 11) is 3.85. The zero-order valence-electron chi connectivity index (χ0n) is 17.6. The Hall–Kier alpha value is -2.11. The van der Waals surface area contributed by atoms with Crippen molar-refractivity contribution >= 4 is 16.7 Å². The third-order valence-corrected chi connectivity index (χ3v) is 5.72. The summed E-state index contributed by atoms with van der Waals surface area (Å²) in [5.41, 5.74) is 1.16. The summed E-state index contributed by atoms with van der Waals surface area (Å²) in [5, 5.41) is 2.25. The van der Waals surface area contributed by atoms with Crippen LogP contribution in [0.15, 0.2) is 36.4 Å². The van der Waals surface area contributed by atoms with Crippen LogP contribution in [0.2, 0.25) is 0 Å². The number of carbonyl (C=O) groups is 1. The molecule has 0 spiro atoms. The molecule has 1 saturated heterocycles. The maximum Gasteiger partial charge on any atom is 0.224 e. The molecule has 28 heavy (non-hydrogen) atoms. The van der Waals surface area contributed by atoms with Crippen molar-refractivity contribution in [2.24, 2.45) is 0 Å². The Kier molecular flexibility index (Phi) is 6.92. The molecular formula is C23H33N3O2. The monoisotopic (exact) mass is 383 g/mol. The van der Waals surface area contributed by atoms with Gasteiger partial charge < -0.3 is 19.4 Å². The van der Waals surface area contributed by atoms with Gasteiger partial charge in [0.2, 0.25) is 5.91 Å². The van der Waals surface area contributed by atoms with E-state index in [1.807, 2.05) is 23.1 Å². The topological polar surface area (TPSA) is 36.0 Å². The molecule has 0 unspecified atom stereocenters. The number of piperazine rings is 1. The lowest BCUT2D eigenvalue weighted by molar-refractivity contribution is -0.134. The largest absolute Gasteiger partial charge is 0.496 e. The minimum atomic E-state index is 0.167. The van der Waals surface area contributed by atoms with Crippen LogP contribution >= 0.6 is 0 Å². The molecule has 0 radical (unpaired) electrons. The molecule has 1 amide bonds. The van der Waals surface area contributed by atoms with Crippen LogP contribution in [-0.4, -0.2) is 73.5 Å². The van der Waals surface area contributed by atoms with Gasteiger partial charge in [-0.3, -0.25) is 4.79 Å². The summed E-state index contributed by atoms with van der Waals surface area (Å²) < 4.78 is 5.51. The van der Waals surface area contributed by atoms with E-state index >= 15 is 0 Å². The number of hydrogen-bond donors (Lipinski definition) is 0. The average molecular weight is 384 g/mol. The van der Waals surface area contributed by atoms with Crippen molar-refractivity contribution in [1.29, 1.82) is 0 Å². The third kappa shape index (κ3) is 4.83. The van der Waals surface area contributed by atoms with E-state index in [0.29, 0.717) is 13.0 Å². The highest BCUT2D eigenvalue weighted by Crippen LogP contribution is 2.29. The smallest absolute Gasteiger partial charge is 0.224 e. The number of ether oxygens (including phenoxy) is 1. The van der Waals surface area contributed by atoms with E-state index in [-0.39, 0.29) is 11.9 Å². The van der Waals surface area contributed by atoms with E-state index in [2.05, 4.69) is 48.9 Å². The molecular weight excluding hydrogens is 350 g/mol. The highest BCUT2D eigenvalue weighted by atomic mass is 16.5. The van der Waals surface area contributed by atoms with Crippen molar-refractivity contribution in [3.8, 4) is 5.75 Å². The van der Waals surface area contributed by atoms with Crippen LogP contribution in [0.25, 0.3) is 10.8 Å². The maximum atomic E-state index is 13.0. The minimum Gasteiger partial charge on any atom is -0.496 e. The molecule has 0 saturated carbocycles. The zero-order valence-corrected chi connectivity index (χ0v) is 17.6. The molecule has 152 valence electrons. The van der Waals surface area contributed by atoms with Gasteiger partial charge in [0.25, 0.3) is 0 Å². The van der Waals surface area contributed by atoms with Gasteiger partial charge in [-0.05, 0) is 37.9 Å². The van der Waals surface area contributed by atoms with E-state index < -0.39 is 0 Å². The van der Waals surface area contributed by atoms with Gasteiger partial charge in [0.05, 0.1) is 7.11 Å². The lowest BCUT2D eigenvalue weighted by Crippen LogP contribution is -2.46. The van der Waals surface area contributed by atoms with E-state index in [1.54, 1.807) is 7.11 Å². The number of hydrogen-bond acceptors (Lipinski definition) is 4. The number of amides is 1. The van der Waals surface area contributed by atoms with E-state index in [9.17, 15) is 4.79 Å². The number of nitrogens with zero attached hydrogens (tertiary/aromatic N) is 3. The summed E-state index contributed by atoms with van der Waals surface area (Å²) >= 11 is 0. The molecule has 1 aliphatic rings. The van der Waals surface area contributed by atoms with Gasteiger partial charge in [0.15, 0.2) is 0 Å². The van der Waals surface area contributed by atoms with E-state index in [0.717, 1.165) is 54.8 Å². The Balaban J connectivity index is 1.71. The summed E-state index contributed by atoms with van der Waals surface area (Å²) in [4.78, 5) is 19.8. The fourth-order valence-corrected chi connectivity index (χ4v) is 3.86. The maximum absolute atomic E-state index is 13.0. The summed E-state index contributed by atoms with van der Waals surface area (Å²) in [6, 6.07) is 12.5. The Morgan fingerprint density at radius 3 is 2.39 bits per heavy atom. The molecule has 3 rings (SSSR count). The van der Waals surface area contributed by atoms with Crippen LogP contribution in [0.3, 0.4) is 0 Å². The highest BCUT2D eigenvalue weighted by molar-refractivity contribution is 5.91. The third-order valence-electron chi connectivity index (χ3n) is 5.72. The number of fused-ring (bicyclic) bond motifs is 1. The second kappa shape index (κ2) is 9.39. The normalized spacial score (nSPS) is 15.9. The Labute approximate surface area is 168 Å². The predicted molar refractivity (Wildman–Crippen MR) is 115 cm³/mol. The first-order valence-electron chi connectivity index (χ1n) is 10.2. The SMILES string of the molecule is COc1ccc(CN(C(=O)CCN2CCN(C)CC2)C(C)C)c2ccccc12. The number of benzene rings is 2. The Bertz CT molecular complexity index is 798. The second-order valence-corrected chi connectivity index (χ2v) is 7.98. The van der Waals surface area contributed by atoms with Gasteiger partial charge in [-0.2, -0.15) is 0 Å². The second-order valence-electron chi connectivity index (χ2n) is 7.98. The average Bonchev–Trinajstić information content (AvgIpc) is 2.71. The zero-order chi connectivity index (χ0) is 20.1. The van der Waals surface area contributed by atoms with E-state index in [1.165, 1.54) is 0 Å². The minimum absolute atomic E-state index is 0.167. The first-order valence-corrected chi connectivity index (χ1v) is 10.2. The Morgan fingerprint density at radius 1 is 1.07 bits per heavy atom. The molecule has 1 fully saturated rings. The molecule has 2 aromatic rings. The summed E-state index contributed by atoms with van der Waals surface area (Å²) in [6.45, 7) is 9.94. The van der Waals surface area contributed by atoms with Crippen LogP contribution < -0.4 is 4.74 Å². The van der Waals surface area contributed by atoms with Crippen molar-refractivity contribution in [3.63, 3.8) is 0 Å². The molecule has 0 aliphatic carbocycles. The summed E-state index contributed by atoms with van der Waals surface area (Å²) in [6.07, 6.45) is 0.579. The predicted octanol–water partition coefficient (Wildman–Crippen LogP) is 3.22. The molecule has 0 atom stereocenters. The number of rotatable bonds is 7. The molecule has 0 aromatic heterocycles. The van der Waals surface area contributed by atoms with Crippen molar-refractivity contribution < 1.29 is 9.53 Å². The van der Waals surface area contributed by atoms with Crippen molar-refractivity contribution in [2.45, 2.75) is 32.9 Å². The molecule has 5 nitrogen and oxygen atoms in total. The Morgan fingerprint density at radius 2 is 1.75 bits per heavy atom. The fraction of sp³-hybridized carbons (Fsp3) is 0.522. The first kappa shape index (κ1) is 20.6. The van der Waals surface area contributed by atoms with Gasteiger partial charge in [-0.1, -0.05) is 30.3 Å². The highest BCUT2D eigenvalue weighted by Gasteiger charge is 2.21. The lowest BCUT2D eigenvalue weighted by atomic mass is 10.0. The van der Waals surface area contributed by atoms with Crippen LogP contribution in [0.5, 0.6) is 5.75 Å².